The molecule has 7 atom stereocenters. The fourth-order valence-corrected chi connectivity index (χ4v) is 10.7. The Labute approximate surface area is 382 Å². The monoisotopic (exact) mass is 1010 g/mol. The van der Waals surface area contributed by atoms with Crippen LogP contribution in [0.15, 0.2) is 43.1 Å². The summed E-state index contributed by atoms with van der Waals surface area (Å²) in [4.78, 5) is 92.4. The third-order valence-corrected chi connectivity index (χ3v) is 14.6. The van der Waals surface area contributed by atoms with E-state index in [1.807, 2.05) is 38.2 Å². The van der Waals surface area contributed by atoms with Crippen LogP contribution < -0.4 is 16.4 Å². The third-order valence-electron chi connectivity index (χ3n) is 10.2. The fraction of sp³-hybridized carbons (Fsp3) is 0.568. The number of para-hydroxylation sites is 1. The Hall–Kier alpha value is -3.68. The number of nitrogens with two attached hydrogens (primary N) is 1. The Kier molecular flexibility index (Phi) is 17.9. The number of carbonyl (C=O) groups excluding carboxylic acids is 3. The number of ether oxygens (including phenoxy) is 1. The predicted molar refractivity (Wildman–Crippen MR) is 237 cm³/mol. The average molecular weight is 1010 g/mol. The molecular weight excluding hydrogens is 953 g/mol. The van der Waals surface area contributed by atoms with Crippen molar-refractivity contribution >= 4 is 80.7 Å². The largest absolute Gasteiger partial charge is 0.481 e. The van der Waals surface area contributed by atoms with E-state index >= 15 is 0 Å². The number of amides is 2. The van der Waals surface area contributed by atoms with E-state index in [9.17, 15) is 57.9 Å². The summed E-state index contributed by atoms with van der Waals surface area (Å²) in [5, 5.41) is 27.9. The summed E-state index contributed by atoms with van der Waals surface area (Å²) in [7, 11) is -16.4. The molecule has 29 heteroatoms. The van der Waals surface area contributed by atoms with Gasteiger partial charge in [-0.1, -0.05) is 45.9 Å². The number of imidazole rings is 1. The molecule has 1 saturated heterocycles. The van der Waals surface area contributed by atoms with Crippen LogP contribution in [0.5, 0.6) is 0 Å². The molecule has 4 aromatic rings. The van der Waals surface area contributed by atoms with Crippen molar-refractivity contribution in [2.75, 3.05) is 37.8 Å². The number of phosphoric acid groups is 3. The molecule has 5 rings (SSSR count). The highest BCUT2D eigenvalue weighted by atomic mass is 32.2. The van der Waals surface area contributed by atoms with Crippen molar-refractivity contribution in [2.24, 2.45) is 5.41 Å². The lowest BCUT2D eigenvalue weighted by molar-refractivity contribution is -0.137. The maximum absolute atomic E-state index is 12.8. The van der Waals surface area contributed by atoms with Gasteiger partial charge < -0.3 is 55.9 Å². The lowest BCUT2D eigenvalue weighted by Gasteiger charge is -2.30. The second-order valence-electron chi connectivity index (χ2n) is 16.6. The number of nitrogen functional groups attached to an aromatic ring is 1. The number of fused-ring (bicyclic) bond motifs is 2. The molecule has 0 bridgehead atoms. The summed E-state index contributed by atoms with van der Waals surface area (Å²) in [5.74, 6) is -0.703. The minimum absolute atomic E-state index is 0.0309. The number of carbonyl (C=O) groups is 3. The number of Topliss-reactive ketones (excluding diaryl/α,β-unsaturated/α-hetero) is 1. The average Bonchev–Trinajstić information content (AvgIpc) is 3.92. The molecule has 1 aliphatic rings. The van der Waals surface area contributed by atoms with Gasteiger partial charge >= 0.3 is 23.5 Å². The molecule has 1 aliphatic heterocycles. The van der Waals surface area contributed by atoms with Crippen LogP contribution in [0, 0.1) is 5.41 Å². The number of nitrogens with zero attached hydrogens (tertiary/aromatic N) is 4. The van der Waals surface area contributed by atoms with E-state index in [4.69, 9.17) is 19.5 Å². The predicted octanol–water partition coefficient (Wildman–Crippen LogP) is 2.38. The number of aliphatic hydroxyl groups is 2. The van der Waals surface area contributed by atoms with Crippen molar-refractivity contribution in [1.82, 2.24) is 35.1 Å². The van der Waals surface area contributed by atoms with Gasteiger partial charge in [0.25, 0.3) is 0 Å². The van der Waals surface area contributed by atoms with Gasteiger partial charge in [0.15, 0.2) is 17.7 Å². The van der Waals surface area contributed by atoms with Crippen molar-refractivity contribution in [3.05, 3.63) is 48.7 Å². The lowest BCUT2D eigenvalue weighted by Crippen LogP contribution is -2.46. The number of H-pyrrole nitrogens is 1. The summed E-state index contributed by atoms with van der Waals surface area (Å²) in [6.45, 7) is 4.58. The van der Waals surface area contributed by atoms with Crippen LogP contribution >= 0.6 is 35.2 Å². The summed E-state index contributed by atoms with van der Waals surface area (Å²) >= 11 is 1.55. The number of aryl methyl sites for hydroxylation is 1. The number of thioether (sulfide) groups is 1. The summed E-state index contributed by atoms with van der Waals surface area (Å²) in [6, 6.07) is 8.02. The van der Waals surface area contributed by atoms with Crippen LogP contribution in [0.25, 0.3) is 22.1 Å². The number of anilines is 1. The van der Waals surface area contributed by atoms with E-state index in [0.29, 0.717) is 25.1 Å². The number of hydrogen-bond donors (Lipinski definition) is 10. The molecular formula is C37H55N8O17P3S. The van der Waals surface area contributed by atoms with Gasteiger partial charge in [0.05, 0.1) is 19.5 Å². The standard InChI is InChI=1S/C37H55N8O17P3S/c1-36(2,31(49)34(50)40-13-12-27(47)39-14-15-66-37(3,4)16-23(46)9-7-8-22-17-41-25-11-6-5-10-24(22)25)19-59-65(56,57)62-64(54,55)58-18-26-30(61-63(51,52)53)29(48)35(60-26)45-21-44-28-32(38)42-20-43-33(28)45/h5-6,10-11,17,20-21,26,29-31,35,41,48-49H,7-9,12-16,18-19H2,1-4H3,(H,39,47)(H,40,50)(H,54,55)(H,56,57)(H2,38,42,43)(H2,51,52,53)/t26-,29-,30-,31?,35-/m1/s1. The van der Waals surface area contributed by atoms with E-state index in [2.05, 4.69) is 45.5 Å². The number of benzene rings is 1. The first kappa shape index (κ1) is 53.3. The first-order chi connectivity index (χ1) is 30.8. The summed E-state index contributed by atoms with van der Waals surface area (Å²) in [5.41, 5.74) is 6.52. The number of phosphoric ester groups is 3. The first-order valence-corrected chi connectivity index (χ1v) is 25.9. The number of hydrogen-bond acceptors (Lipinski definition) is 18. The van der Waals surface area contributed by atoms with Gasteiger partial charge in [0.1, 0.15) is 42.0 Å². The van der Waals surface area contributed by atoms with Gasteiger partial charge in [0, 0.05) is 65.4 Å². The highest BCUT2D eigenvalue weighted by molar-refractivity contribution is 8.00. The highest BCUT2D eigenvalue weighted by Crippen LogP contribution is 2.61. The lowest BCUT2D eigenvalue weighted by atomic mass is 9.87. The van der Waals surface area contributed by atoms with Gasteiger partial charge in [-0.25, -0.2) is 28.6 Å². The SMILES string of the molecule is CC(C)(CC(=O)CCCc1c[nH]c2ccccc12)SCCNC(=O)CCNC(=O)C(O)C(C)(C)COP(=O)(O)OP(=O)(O)OC[C@H]1O[C@@H](n2cnc3c(N)ncnc32)[C@H](O)[C@@H]1OP(=O)(O)O. The van der Waals surface area contributed by atoms with Crippen molar-refractivity contribution in [2.45, 2.75) is 95.2 Å². The number of aromatic nitrogens is 5. The summed E-state index contributed by atoms with van der Waals surface area (Å²) in [6.07, 6.45) is -2.55. The van der Waals surface area contributed by atoms with E-state index in [-0.39, 0.29) is 46.4 Å². The normalized spacial score (nSPS) is 20.5. The minimum Gasteiger partial charge on any atom is -0.386 e. The third kappa shape index (κ3) is 15.2. The second-order valence-corrected chi connectivity index (χ2v) is 22.6. The van der Waals surface area contributed by atoms with Crippen LogP contribution in [0.1, 0.15) is 65.2 Å². The molecule has 1 aromatic carbocycles. The van der Waals surface area contributed by atoms with Gasteiger partial charge in [0.2, 0.25) is 11.8 Å². The molecule has 4 heterocycles. The van der Waals surface area contributed by atoms with Crippen LogP contribution in [0.2, 0.25) is 0 Å². The second kappa shape index (κ2) is 22.2. The molecule has 0 aliphatic carbocycles. The first-order valence-electron chi connectivity index (χ1n) is 20.4. The Morgan fingerprint density at radius 3 is 2.44 bits per heavy atom. The highest BCUT2D eigenvalue weighted by Gasteiger charge is 2.50. The minimum atomic E-state index is -5.58. The number of aliphatic hydroxyl groups excluding tert-OH is 2. The summed E-state index contributed by atoms with van der Waals surface area (Å²) < 4.78 is 62.1. The maximum Gasteiger partial charge on any atom is 0.481 e. The van der Waals surface area contributed by atoms with Crippen molar-refractivity contribution < 1.29 is 80.5 Å². The Balaban J connectivity index is 0.992. The molecule has 3 unspecified atom stereocenters. The molecule has 66 heavy (non-hydrogen) atoms. The molecule has 25 nitrogen and oxygen atoms in total. The van der Waals surface area contributed by atoms with Gasteiger partial charge in [-0.3, -0.25) is 32.5 Å². The quantitative estimate of drug-likeness (QED) is 0.0319. The van der Waals surface area contributed by atoms with E-state index in [1.165, 1.54) is 19.4 Å². The van der Waals surface area contributed by atoms with Crippen LogP contribution in [-0.2, 0) is 57.1 Å². The van der Waals surface area contributed by atoms with E-state index < -0.39 is 78.6 Å². The van der Waals surface area contributed by atoms with Gasteiger partial charge in [-0.15, -0.1) is 0 Å². The molecule has 0 spiro atoms. The molecule has 366 valence electrons. The van der Waals surface area contributed by atoms with Crippen LogP contribution in [0.4, 0.5) is 5.82 Å². The smallest absolute Gasteiger partial charge is 0.386 e. The van der Waals surface area contributed by atoms with Gasteiger partial charge in [-0.2, -0.15) is 16.1 Å². The Morgan fingerprint density at radius 1 is 1.00 bits per heavy atom. The van der Waals surface area contributed by atoms with Crippen molar-refractivity contribution in [3.63, 3.8) is 0 Å². The fourth-order valence-electron chi connectivity index (χ4n) is 6.89. The number of ketones is 1. The van der Waals surface area contributed by atoms with Crippen LogP contribution in [0.3, 0.4) is 0 Å². The van der Waals surface area contributed by atoms with E-state index in [0.717, 1.165) is 41.0 Å². The Bertz CT molecular complexity index is 2480. The van der Waals surface area contributed by atoms with Crippen molar-refractivity contribution in [3.8, 4) is 0 Å². The Morgan fingerprint density at radius 2 is 1.71 bits per heavy atom. The van der Waals surface area contributed by atoms with E-state index in [1.54, 1.807) is 11.8 Å². The molecule has 1 fully saturated rings. The molecule has 0 saturated carbocycles. The number of rotatable bonds is 26. The number of nitrogens with one attached hydrogen (secondary N) is 3. The molecule has 2 amide bonds. The van der Waals surface area contributed by atoms with Crippen molar-refractivity contribution in [1.29, 1.82) is 0 Å². The zero-order valence-corrected chi connectivity index (χ0v) is 39.8. The topological polar surface area (TPSA) is 379 Å². The number of aromatic amines is 1. The molecule has 3 aromatic heterocycles. The zero-order valence-electron chi connectivity index (χ0n) is 36.3. The maximum atomic E-state index is 12.8. The molecule has 11 N–H and O–H groups in total. The molecule has 0 radical (unpaired) electrons. The van der Waals surface area contributed by atoms with Gasteiger partial charge in [-0.05, 0) is 24.5 Å². The zero-order chi connectivity index (χ0) is 48.7. The van der Waals surface area contributed by atoms with Crippen LogP contribution in [-0.4, -0.2) is 133 Å².